The Balaban J connectivity index is 1.45. The van der Waals surface area contributed by atoms with E-state index in [1.807, 2.05) is 26.0 Å². The molecule has 3 N–H and O–H groups in total. The van der Waals surface area contributed by atoms with Gasteiger partial charge in [-0.15, -0.1) is 0 Å². The van der Waals surface area contributed by atoms with E-state index in [0.717, 1.165) is 28.8 Å². The molecule has 10 heteroatoms. The lowest BCUT2D eigenvalue weighted by Gasteiger charge is -2.28. The van der Waals surface area contributed by atoms with Gasteiger partial charge in [0.1, 0.15) is 6.04 Å². The van der Waals surface area contributed by atoms with Gasteiger partial charge in [0, 0.05) is 16.9 Å². The topological polar surface area (TPSA) is 98.7 Å². The summed E-state index contributed by atoms with van der Waals surface area (Å²) in [5.41, 5.74) is 2.64. The fraction of sp³-hybridized carbons (Fsp3) is 0.250. The summed E-state index contributed by atoms with van der Waals surface area (Å²) < 4.78 is 38.1. The number of hydrogen-bond donors (Lipinski definition) is 3. The number of hydrogen-bond acceptors (Lipinski definition) is 3. The first-order chi connectivity index (χ1) is 18.0. The largest absolute Gasteiger partial charge is 0.480 e. The number of carbonyl (C=O) groups is 3. The number of amides is 3. The number of nitrogens with one attached hydrogen (secondary N) is 2. The Hall–Kier alpha value is -4.34. The molecular formula is C28H26F3N3O4. The van der Waals surface area contributed by atoms with E-state index in [-0.39, 0.29) is 17.6 Å². The van der Waals surface area contributed by atoms with Crippen LogP contribution in [0.1, 0.15) is 54.2 Å². The van der Waals surface area contributed by atoms with E-state index in [1.165, 1.54) is 17.0 Å². The van der Waals surface area contributed by atoms with Crippen LogP contribution in [0, 0.1) is 0 Å². The first-order valence-corrected chi connectivity index (χ1v) is 12.0. The molecule has 0 saturated heterocycles. The highest BCUT2D eigenvalue weighted by Gasteiger charge is 2.41. The Labute approximate surface area is 217 Å². The quantitative estimate of drug-likeness (QED) is 0.316. The summed E-state index contributed by atoms with van der Waals surface area (Å²) in [4.78, 5) is 38.7. The lowest BCUT2D eigenvalue weighted by atomic mass is 9.98. The minimum atomic E-state index is -4.46. The smallest absolute Gasteiger partial charge is 0.416 e. The van der Waals surface area contributed by atoms with E-state index >= 15 is 0 Å². The van der Waals surface area contributed by atoms with Crippen LogP contribution in [0.4, 0.5) is 29.3 Å². The molecule has 0 saturated carbocycles. The van der Waals surface area contributed by atoms with Crippen molar-refractivity contribution in [2.45, 2.75) is 44.9 Å². The Bertz CT molecular complexity index is 1360. The molecule has 0 aliphatic carbocycles. The third-order valence-electron chi connectivity index (χ3n) is 6.51. The minimum Gasteiger partial charge on any atom is -0.480 e. The molecule has 3 amide bonds. The lowest BCUT2D eigenvalue weighted by molar-refractivity contribution is -0.143. The van der Waals surface area contributed by atoms with Gasteiger partial charge in [0.2, 0.25) is 0 Å². The molecule has 1 aliphatic rings. The zero-order chi connectivity index (χ0) is 27.6. The molecule has 3 aromatic rings. The van der Waals surface area contributed by atoms with Crippen LogP contribution in [0.25, 0.3) is 11.1 Å². The maximum Gasteiger partial charge on any atom is 0.416 e. The van der Waals surface area contributed by atoms with Crippen molar-refractivity contribution in [3.8, 4) is 11.1 Å². The maximum absolute atomic E-state index is 13.2. The second-order valence-corrected chi connectivity index (χ2v) is 9.06. The molecule has 0 aromatic heterocycles. The van der Waals surface area contributed by atoms with Gasteiger partial charge in [0.15, 0.2) is 0 Å². The summed E-state index contributed by atoms with van der Waals surface area (Å²) in [6, 6.07) is 14.5. The number of benzene rings is 3. The first-order valence-electron chi connectivity index (χ1n) is 12.0. The molecule has 0 bridgehead atoms. The van der Waals surface area contributed by atoms with E-state index in [0.29, 0.717) is 24.1 Å². The molecule has 3 aromatic carbocycles. The summed E-state index contributed by atoms with van der Waals surface area (Å²) >= 11 is 0. The number of aliphatic carboxylic acids is 1. The molecule has 7 nitrogen and oxygen atoms in total. The number of carboxylic acid groups (broad SMARTS) is 1. The van der Waals surface area contributed by atoms with Gasteiger partial charge in [0.25, 0.3) is 5.91 Å². The van der Waals surface area contributed by atoms with Gasteiger partial charge < -0.3 is 20.6 Å². The van der Waals surface area contributed by atoms with E-state index < -0.39 is 29.8 Å². The fourth-order valence-corrected chi connectivity index (χ4v) is 4.60. The summed E-state index contributed by atoms with van der Waals surface area (Å²) in [7, 11) is 0. The number of alkyl halides is 3. The summed E-state index contributed by atoms with van der Waals surface area (Å²) in [5, 5.41) is 14.8. The van der Waals surface area contributed by atoms with Gasteiger partial charge in [-0.05, 0) is 72.5 Å². The van der Waals surface area contributed by atoms with Crippen molar-refractivity contribution in [2.24, 2.45) is 0 Å². The van der Waals surface area contributed by atoms with Crippen LogP contribution in [-0.4, -0.2) is 34.0 Å². The number of carbonyl (C=O) groups excluding carboxylic acids is 2. The third-order valence-corrected chi connectivity index (χ3v) is 6.51. The van der Waals surface area contributed by atoms with Crippen LogP contribution in [0.2, 0.25) is 0 Å². The summed E-state index contributed by atoms with van der Waals surface area (Å²) in [6.45, 7) is 3.70. The van der Waals surface area contributed by atoms with Gasteiger partial charge in [-0.1, -0.05) is 37.6 Å². The van der Waals surface area contributed by atoms with Crippen LogP contribution < -0.4 is 10.6 Å². The molecular weight excluding hydrogens is 499 g/mol. The maximum atomic E-state index is 13.2. The molecule has 1 heterocycles. The van der Waals surface area contributed by atoms with Crippen molar-refractivity contribution in [3.05, 3.63) is 83.4 Å². The fourth-order valence-electron chi connectivity index (χ4n) is 4.60. The van der Waals surface area contributed by atoms with E-state index in [9.17, 15) is 32.7 Å². The predicted octanol–water partition coefficient (Wildman–Crippen LogP) is 6.79. The van der Waals surface area contributed by atoms with Crippen molar-refractivity contribution < 1.29 is 32.7 Å². The number of anilines is 2. The van der Waals surface area contributed by atoms with Crippen molar-refractivity contribution in [1.82, 2.24) is 4.90 Å². The molecule has 4 rings (SSSR count). The van der Waals surface area contributed by atoms with Crippen LogP contribution in [-0.2, 0) is 11.0 Å². The summed E-state index contributed by atoms with van der Waals surface area (Å²) in [6.07, 6.45) is -3.45. The van der Waals surface area contributed by atoms with E-state index in [2.05, 4.69) is 10.6 Å². The number of fused-ring (bicyclic) bond motifs is 1. The Morgan fingerprint density at radius 1 is 0.947 bits per heavy atom. The van der Waals surface area contributed by atoms with Crippen molar-refractivity contribution in [1.29, 1.82) is 0 Å². The molecule has 0 radical (unpaired) electrons. The Morgan fingerprint density at radius 2 is 1.50 bits per heavy atom. The Kier molecular flexibility index (Phi) is 7.43. The van der Waals surface area contributed by atoms with Crippen molar-refractivity contribution in [2.75, 3.05) is 10.6 Å². The van der Waals surface area contributed by atoms with Crippen molar-refractivity contribution in [3.63, 3.8) is 0 Å². The van der Waals surface area contributed by atoms with Crippen LogP contribution in [0.5, 0.6) is 0 Å². The van der Waals surface area contributed by atoms with Gasteiger partial charge in [-0.25, -0.2) is 9.59 Å². The number of urea groups is 1. The zero-order valence-corrected chi connectivity index (χ0v) is 20.7. The van der Waals surface area contributed by atoms with E-state index in [4.69, 9.17) is 0 Å². The van der Waals surface area contributed by atoms with Gasteiger partial charge in [-0.3, -0.25) is 4.79 Å². The summed E-state index contributed by atoms with van der Waals surface area (Å²) in [5.74, 6) is -1.33. The highest BCUT2D eigenvalue weighted by molar-refractivity contribution is 6.02. The standard InChI is InChI=1S/C28H26F3N3O4/c1-3-4-24(26(36)37)34-16(2)22-14-7-18(15-23(22)25(34)35)17-5-10-20(11-6-17)32-27(38)33-21-12-8-19(9-13-21)28(29,30)31/h5-16,24H,3-4H2,1-2H3,(H,36,37)(H2,32,33,38)/t16-,24?/m0/s1. The molecule has 2 atom stereocenters. The Morgan fingerprint density at radius 3 is 2.03 bits per heavy atom. The third kappa shape index (κ3) is 5.49. The molecule has 0 spiro atoms. The van der Waals surface area contributed by atoms with Gasteiger partial charge in [-0.2, -0.15) is 13.2 Å². The first kappa shape index (κ1) is 26.7. The monoisotopic (exact) mass is 525 g/mol. The molecule has 1 aliphatic heterocycles. The minimum absolute atomic E-state index is 0.210. The zero-order valence-electron chi connectivity index (χ0n) is 20.7. The highest BCUT2D eigenvalue weighted by atomic mass is 19.4. The number of halogens is 3. The molecule has 38 heavy (non-hydrogen) atoms. The number of carboxylic acids is 1. The van der Waals surface area contributed by atoms with Crippen LogP contribution in [0.3, 0.4) is 0 Å². The second kappa shape index (κ2) is 10.6. The molecule has 198 valence electrons. The lowest BCUT2D eigenvalue weighted by Crippen LogP contribution is -2.42. The average Bonchev–Trinajstić information content (AvgIpc) is 3.11. The predicted molar refractivity (Wildman–Crippen MR) is 137 cm³/mol. The van der Waals surface area contributed by atoms with Crippen molar-refractivity contribution >= 4 is 29.3 Å². The number of nitrogens with zero attached hydrogens (tertiary/aromatic N) is 1. The number of rotatable bonds is 7. The molecule has 0 fully saturated rings. The normalized spacial score (nSPS) is 15.7. The average molecular weight is 526 g/mol. The van der Waals surface area contributed by atoms with Crippen LogP contribution >= 0.6 is 0 Å². The second-order valence-electron chi connectivity index (χ2n) is 9.06. The van der Waals surface area contributed by atoms with Gasteiger partial charge >= 0.3 is 18.2 Å². The SMILES string of the molecule is CCCC(C(=O)O)N1C(=O)c2cc(-c3ccc(NC(=O)Nc4ccc(C(F)(F)F)cc4)cc3)ccc2[C@@H]1C. The highest BCUT2D eigenvalue weighted by Crippen LogP contribution is 2.38. The van der Waals surface area contributed by atoms with Crippen LogP contribution in [0.15, 0.2) is 66.7 Å². The molecule has 1 unspecified atom stereocenters. The van der Waals surface area contributed by atoms with E-state index in [1.54, 1.807) is 30.3 Å². The van der Waals surface area contributed by atoms with Gasteiger partial charge in [0.05, 0.1) is 11.6 Å².